The third-order valence-electron chi connectivity index (χ3n) is 3.06. The predicted octanol–water partition coefficient (Wildman–Crippen LogP) is 1.45. The third kappa shape index (κ3) is 3.32. The van der Waals surface area contributed by atoms with Crippen LogP contribution in [0.3, 0.4) is 0 Å². The van der Waals surface area contributed by atoms with Crippen LogP contribution < -0.4 is 5.32 Å². The first-order valence-electron chi connectivity index (χ1n) is 6.04. The number of nitrogens with zero attached hydrogens (tertiary/aromatic N) is 3. The van der Waals surface area contributed by atoms with Gasteiger partial charge in [-0.15, -0.1) is 0 Å². The lowest BCUT2D eigenvalue weighted by atomic mass is 10.2. The molecule has 1 unspecified atom stereocenters. The van der Waals surface area contributed by atoms with E-state index in [0.717, 1.165) is 22.4 Å². The number of hydrogen-bond acceptors (Lipinski definition) is 3. The molecule has 1 atom stereocenters. The first-order chi connectivity index (χ1) is 8.38. The van der Waals surface area contributed by atoms with E-state index in [1.165, 1.54) is 0 Å². The molecule has 0 spiro atoms. The number of carbonyl (C=O) groups excluding carboxylic acids is 1. The van der Waals surface area contributed by atoms with Gasteiger partial charge in [0, 0.05) is 27.2 Å². The summed E-state index contributed by atoms with van der Waals surface area (Å²) in [6.45, 7) is 7.13. The zero-order valence-corrected chi connectivity index (χ0v) is 13.2. The molecule has 5 nitrogen and oxygen atoms in total. The van der Waals surface area contributed by atoms with E-state index < -0.39 is 0 Å². The van der Waals surface area contributed by atoms with Crippen LogP contribution in [0.15, 0.2) is 4.47 Å². The van der Waals surface area contributed by atoms with E-state index in [4.69, 9.17) is 0 Å². The van der Waals surface area contributed by atoms with E-state index in [1.807, 2.05) is 39.5 Å². The van der Waals surface area contributed by atoms with Crippen molar-refractivity contribution in [1.82, 2.24) is 20.0 Å². The highest BCUT2D eigenvalue weighted by Gasteiger charge is 2.17. The van der Waals surface area contributed by atoms with E-state index in [2.05, 4.69) is 26.3 Å². The molecule has 1 aromatic rings. The van der Waals surface area contributed by atoms with Crippen molar-refractivity contribution in [2.24, 2.45) is 7.05 Å². The molecule has 1 rings (SSSR count). The molecular formula is C12H21BrN4O. The van der Waals surface area contributed by atoms with Crippen LogP contribution >= 0.6 is 15.9 Å². The molecule has 1 aromatic heterocycles. The van der Waals surface area contributed by atoms with Gasteiger partial charge in [-0.25, -0.2) is 0 Å². The Balaban J connectivity index is 2.63. The molecule has 18 heavy (non-hydrogen) atoms. The molecule has 0 aromatic carbocycles. The standard InChI is InChI=1S/C12H21BrN4O/c1-6-16(4)12(18)9(3)14-7-10-11(13)8(2)15-17(10)5/h9,14H,6-7H2,1-5H3. The summed E-state index contributed by atoms with van der Waals surface area (Å²) in [5, 5.41) is 7.55. The fourth-order valence-corrected chi connectivity index (χ4v) is 2.17. The molecule has 0 saturated carbocycles. The average molecular weight is 317 g/mol. The first-order valence-corrected chi connectivity index (χ1v) is 6.84. The van der Waals surface area contributed by atoms with Gasteiger partial charge in [0.05, 0.1) is 21.9 Å². The normalized spacial score (nSPS) is 12.6. The summed E-state index contributed by atoms with van der Waals surface area (Å²) in [6.07, 6.45) is 0. The SMILES string of the molecule is CCN(C)C(=O)C(C)NCc1c(Br)c(C)nn1C. The minimum Gasteiger partial charge on any atom is -0.345 e. The summed E-state index contributed by atoms with van der Waals surface area (Å²) in [4.78, 5) is 13.6. The Morgan fingerprint density at radius 1 is 1.61 bits per heavy atom. The van der Waals surface area contributed by atoms with Gasteiger partial charge in [-0.2, -0.15) is 5.10 Å². The van der Waals surface area contributed by atoms with Crippen molar-refractivity contribution < 1.29 is 4.79 Å². The zero-order valence-electron chi connectivity index (χ0n) is 11.6. The molecule has 0 aliphatic heterocycles. The Morgan fingerprint density at radius 3 is 2.67 bits per heavy atom. The largest absolute Gasteiger partial charge is 0.345 e. The summed E-state index contributed by atoms with van der Waals surface area (Å²) in [5.41, 5.74) is 2.00. The number of rotatable bonds is 5. The van der Waals surface area contributed by atoms with E-state index in [1.54, 1.807) is 4.90 Å². The topological polar surface area (TPSA) is 50.2 Å². The van der Waals surface area contributed by atoms with Crippen molar-refractivity contribution in [3.05, 3.63) is 15.9 Å². The fraction of sp³-hybridized carbons (Fsp3) is 0.667. The van der Waals surface area contributed by atoms with Gasteiger partial charge in [0.15, 0.2) is 0 Å². The van der Waals surface area contributed by atoms with E-state index >= 15 is 0 Å². The Morgan fingerprint density at radius 2 is 2.22 bits per heavy atom. The molecule has 0 aliphatic rings. The maximum Gasteiger partial charge on any atom is 0.239 e. The van der Waals surface area contributed by atoms with Crippen LogP contribution in [0.4, 0.5) is 0 Å². The van der Waals surface area contributed by atoms with E-state index in [0.29, 0.717) is 6.54 Å². The highest BCUT2D eigenvalue weighted by Crippen LogP contribution is 2.19. The number of aromatic nitrogens is 2. The number of hydrogen-bond donors (Lipinski definition) is 1. The lowest BCUT2D eigenvalue weighted by Gasteiger charge is -2.20. The van der Waals surface area contributed by atoms with E-state index in [9.17, 15) is 4.79 Å². The molecule has 0 saturated heterocycles. The van der Waals surface area contributed by atoms with Crippen molar-refractivity contribution in [3.8, 4) is 0 Å². The lowest BCUT2D eigenvalue weighted by Crippen LogP contribution is -2.42. The van der Waals surface area contributed by atoms with Crippen LogP contribution in [0.2, 0.25) is 0 Å². The van der Waals surface area contributed by atoms with Crippen LogP contribution in [0.25, 0.3) is 0 Å². The van der Waals surface area contributed by atoms with Crippen LogP contribution in [-0.4, -0.2) is 40.2 Å². The van der Waals surface area contributed by atoms with Gasteiger partial charge in [0.1, 0.15) is 0 Å². The first kappa shape index (κ1) is 15.2. The smallest absolute Gasteiger partial charge is 0.239 e. The van der Waals surface area contributed by atoms with Crippen LogP contribution in [0, 0.1) is 6.92 Å². The van der Waals surface area contributed by atoms with Crippen LogP contribution in [-0.2, 0) is 18.4 Å². The Labute approximate surface area is 117 Å². The fourth-order valence-electron chi connectivity index (χ4n) is 1.70. The quantitative estimate of drug-likeness (QED) is 0.894. The Kier molecular flexibility index (Phi) is 5.34. The highest BCUT2D eigenvalue weighted by molar-refractivity contribution is 9.10. The minimum absolute atomic E-state index is 0.104. The Hall–Kier alpha value is -0.880. The van der Waals surface area contributed by atoms with Gasteiger partial charge in [-0.3, -0.25) is 9.48 Å². The van der Waals surface area contributed by atoms with E-state index in [-0.39, 0.29) is 11.9 Å². The second-order valence-electron chi connectivity index (χ2n) is 4.42. The average Bonchev–Trinajstić information content (AvgIpc) is 2.59. The number of halogens is 1. The molecule has 0 radical (unpaired) electrons. The van der Waals surface area contributed by atoms with Crippen LogP contribution in [0.5, 0.6) is 0 Å². The van der Waals surface area contributed by atoms with Gasteiger partial charge >= 0.3 is 0 Å². The van der Waals surface area contributed by atoms with Crippen molar-refractivity contribution in [2.45, 2.75) is 33.4 Å². The number of amides is 1. The van der Waals surface area contributed by atoms with Gasteiger partial charge < -0.3 is 10.2 Å². The van der Waals surface area contributed by atoms with Crippen molar-refractivity contribution >= 4 is 21.8 Å². The number of nitrogens with one attached hydrogen (secondary N) is 1. The van der Waals surface area contributed by atoms with Crippen molar-refractivity contribution in [3.63, 3.8) is 0 Å². The maximum absolute atomic E-state index is 11.9. The third-order valence-corrected chi connectivity index (χ3v) is 4.09. The summed E-state index contributed by atoms with van der Waals surface area (Å²) < 4.78 is 2.83. The minimum atomic E-state index is -0.197. The molecule has 1 amide bonds. The highest BCUT2D eigenvalue weighted by atomic mass is 79.9. The van der Waals surface area contributed by atoms with Gasteiger partial charge in [-0.1, -0.05) is 0 Å². The van der Waals surface area contributed by atoms with Crippen LogP contribution in [0.1, 0.15) is 25.2 Å². The number of aryl methyl sites for hydroxylation is 2. The monoisotopic (exact) mass is 316 g/mol. The molecule has 1 heterocycles. The second-order valence-corrected chi connectivity index (χ2v) is 5.22. The summed E-state index contributed by atoms with van der Waals surface area (Å²) in [5.74, 6) is 0.104. The summed E-state index contributed by atoms with van der Waals surface area (Å²) in [6, 6.07) is -0.197. The summed E-state index contributed by atoms with van der Waals surface area (Å²) >= 11 is 3.51. The lowest BCUT2D eigenvalue weighted by molar-refractivity contribution is -0.131. The summed E-state index contributed by atoms with van der Waals surface area (Å²) in [7, 11) is 3.71. The number of likely N-dealkylation sites (N-methyl/N-ethyl adjacent to an activating group) is 1. The second kappa shape index (κ2) is 6.33. The zero-order chi connectivity index (χ0) is 13.9. The molecule has 0 fully saturated rings. The molecule has 1 N–H and O–H groups in total. The number of carbonyl (C=O) groups is 1. The molecule has 0 bridgehead atoms. The van der Waals surface area contributed by atoms with Gasteiger partial charge in [0.2, 0.25) is 5.91 Å². The molecule has 6 heteroatoms. The Bertz CT molecular complexity index is 430. The molecule has 0 aliphatic carbocycles. The molecule has 102 valence electrons. The van der Waals surface area contributed by atoms with Gasteiger partial charge in [-0.05, 0) is 36.7 Å². The van der Waals surface area contributed by atoms with Crippen molar-refractivity contribution in [2.75, 3.05) is 13.6 Å². The maximum atomic E-state index is 11.9. The predicted molar refractivity (Wildman–Crippen MR) is 75.3 cm³/mol. The molecular weight excluding hydrogens is 296 g/mol. The van der Waals surface area contributed by atoms with Crippen molar-refractivity contribution in [1.29, 1.82) is 0 Å². The van der Waals surface area contributed by atoms with Gasteiger partial charge in [0.25, 0.3) is 0 Å².